The summed E-state index contributed by atoms with van der Waals surface area (Å²) in [7, 11) is 1.14. The summed E-state index contributed by atoms with van der Waals surface area (Å²) >= 11 is 0. The molecule has 0 aliphatic rings. The first-order valence-corrected chi connectivity index (χ1v) is 4.88. The van der Waals surface area contributed by atoms with E-state index in [0.29, 0.717) is 0 Å². The molecule has 0 fully saturated rings. The van der Waals surface area contributed by atoms with Crippen molar-refractivity contribution in [2.75, 3.05) is 13.7 Å². The Balaban J connectivity index is 3.18. The van der Waals surface area contributed by atoms with Crippen molar-refractivity contribution < 1.29 is 22.7 Å². The maximum absolute atomic E-state index is 12.6. The monoisotopic (exact) mass is 247 g/mol. The molecule has 3 nitrogen and oxygen atoms in total. The average Bonchev–Trinajstić information content (AvgIpc) is 2.27. The number of alkyl halides is 3. The van der Waals surface area contributed by atoms with Gasteiger partial charge in [0, 0.05) is 12.0 Å². The topological polar surface area (TPSA) is 52.3 Å². The third kappa shape index (κ3) is 3.20. The van der Waals surface area contributed by atoms with Crippen LogP contribution >= 0.6 is 0 Å². The molecule has 0 bridgehead atoms. The number of Topliss-reactive ketones (excluding diaryl/α,β-unsaturated/α-hetero) is 1. The first-order valence-electron chi connectivity index (χ1n) is 4.88. The van der Waals surface area contributed by atoms with Crippen LogP contribution in [0.5, 0.6) is 5.75 Å². The average molecular weight is 247 g/mol. The number of rotatable bonds is 4. The van der Waals surface area contributed by atoms with Gasteiger partial charge in [0.05, 0.1) is 12.7 Å². The van der Waals surface area contributed by atoms with Crippen LogP contribution in [0.4, 0.5) is 13.2 Å². The third-order valence-electron chi connectivity index (χ3n) is 2.20. The number of ketones is 1. The summed E-state index contributed by atoms with van der Waals surface area (Å²) in [6, 6.07) is 3.22. The van der Waals surface area contributed by atoms with E-state index >= 15 is 0 Å². The zero-order valence-electron chi connectivity index (χ0n) is 9.17. The highest BCUT2D eigenvalue weighted by molar-refractivity contribution is 5.96. The minimum Gasteiger partial charge on any atom is -0.496 e. The van der Waals surface area contributed by atoms with E-state index < -0.39 is 17.5 Å². The number of carbonyl (C=O) groups excluding carboxylic acids is 1. The second-order valence-corrected chi connectivity index (χ2v) is 3.37. The number of nitrogens with two attached hydrogens (primary N) is 1. The Bertz CT molecular complexity index is 416. The summed E-state index contributed by atoms with van der Waals surface area (Å²) in [4.78, 5) is 11.4. The Kier molecular flexibility index (Phi) is 4.11. The Morgan fingerprint density at radius 3 is 2.53 bits per heavy atom. The van der Waals surface area contributed by atoms with E-state index in [-0.39, 0.29) is 24.3 Å². The van der Waals surface area contributed by atoms with Gasteiger partial charge in [0.15, 0.2) is 5.78 Å². The van der Waals surface area contributed by atoms with Crippen molar-refractivity contribution in [2.45, 2.75) is 12.6 Å². The van der Waals surface area contributed by atoms with Gasteiger partial charge in [0.25, 0.3) is 0 Å². The van der Waals surface area contributed by atoms with Crippen molar-refractivity contribution in [3.8, 4) is 5.75 Å². The van der Waals surface area contributed by atoms with Gasteiger partial charge in [0.2, 0.25) is 0 Å². The normalized spacial score (nSPS) is 11.4. The Labute approximate surface area is 96.4 Å². The van der Waals surface area contributed by atoms with E-state index in [0.717, 1.165) is 19.2 Å². The van der Waals surface area contributed by atoms with Gasteiger partial charge in [-0.25, -0.2) is 0 Å². The van der Waals surface area contributed by atoms with E-state index in [9.17, 15) is 18.0 Å². The smallest absolute Gasteiger partial charge is 0.419 e. The number of benzene rings is 1. The fourth-order valence-corrected chi connectivity index (χ4v) is 1.38. The molecule has 0 atom stereocenters. The third-order valence-corrected chi connectivity index (χ3v) is 2.20. The standard InChI is InChI=1S/C11H12F3NO2/c1-17-10-3-2-7(9(16)4-5-15)6-8(10)11(12,13)14/h2-3,6H,4-5,15H2,1H3. The molecule has 0 amide bonds. The highest BCUT2D eigenvalue weighted by atomic mass is 19.4. The lowest BCUT2D eigenvalue weighted by atomic mass is 10.0. The summed E-state index contributed by atoms with van der Waals surface area (Å²) in [5.41, 5.74) is 4.21. The van der Waals surface area contributed by atoms with Crippen molar-refractivity contribution in [1.82, 2.24) is 0 Å². The zero-order chi connectivity index (χ0) is 13.1. The Morgan fingerprint density at radius 2 is 2.06 bits per heavy atom. The highest BCUT2D eigenvalue weighted by Crippen LogP contribution is 2.36. The van der Waals surface area contributed by atoms with Gasteiger partial charge < -0.3 is 10.5 Å². The largest absolute Gasteiger partial charge is 0.496 e. The molecule has 1 aromatic rings. The van der Waals surface area contributed by atoms with Crippen LogP contribution in [-0.4, -0.2) is 19.4 Å². The van der Waals surface area contributed by atoms with E-state index in [2.05, 4.69) is 4.74 Å². The van der Waals surface area contributed by atoms with Gasteiger partial charge in [-0.05, 0) is 24.7 Å². The maximum atomic E-state index is 12.6. The molecule has 6 heteroatoms. The van der Waals surface area contributed by atoms with Gasteiger partial charge in [-0.2, -0.15) is 13.2 Å². The molecule has 1 rings (SSSR count). The molecular weight excluding hydrogens is 235 g/mol. The number of ether oxygens (including phenoxy) is 1. The Hall–Kier alpha value is -1.56. The van der Waals surface area contributed by atoms with E-state index in [1.165, 1.54) is 6.07 Å². The van der Waals surface area contributed by atoms with Crippen LogP contribution in [0.15, 0.2) is 18.2 Å². The van der Waals surface area contributed by atoms with Crippen LogP contribution in [-0.2, 0) is 6.18 Å². The SMILES string of the molecule is COc1ccc(C(=O)CCN)cc1C(F)(F)F. The van der Waals surface area contributed by atoms with Crippen LogP contribution < -0.4 is 10.5 Å². The fraction of sp³-hybridized carbons (Fsp3) is 0.364. The molecule has 17 heavy (non-hydrogen) atoms. The molecule has 0 unspecified atom stereocenters. The van der Waals surface area contributed by atoms with Crippen LogP contribution in [0.25, 0.3) is 0 Å². The molecule has 0 heterocycles. The molecular formula is C11H12F3NO2. The minimum atomic E-state index is -4.55. The lowest BCUT2D eigenvalue weighted by Crippen LogP contribution is -2.12. The van der Waals surface area contributed by atoms with Crippen LogP contribution in [0.3, 0.4) is 0 Å². The first kappa shape index (κ1) is 13.5. The molecule has 2 N–H and O–H groups in total. The number of halogens is 3. The van der Waals surface area contributed by atoms with Crippen LogP contribution in [0, 0.1) is 0 Å². The number of hydrogen-bond acceptors (Lipinski definition) is 3. The predicted octanol–water partition coefficient (Wildman–Crippen LogP) is 2.25. The highest BCUT2D eigenvalue weighted by Gasteiger charge is 2.34. The van der Waals surface area contributed by atoms with E-state index in [4.69, 9.17) is 5.73 Å². The summed E-state index contributed by atoms with van der Waals surface area (Å²) in [6.07, 6.45) is -4.53. The summed E-state index contributed by atoms with van der Waals surface area (Å²) in [5.74, 6) is -0.720. The van der Waals surface area contributed by atoms with Crippen LogP contribution in [0.1, 0.15) is 22.3 Å². The summed E-state index contributed by atoms with van der Waals surface area (Å²) < 4.78 is 42.6. The number of hydrogen-bond donors (Lipinski definition) is 1. The maximum Gasteiger partial charge on any atom is 0.419 e. The van der Waals surface area contributed by atoms with Gasteiger partial charge in [-0.1, -0.05) is 0 Å². The summed E-state index contributed by atoms with van der Waals surface area (Å²) in [5, 5.41) is 0. The molecule has 94 valence electrons. The van der Waals surface area contributed by atoms with Crippen molar-refractivity contribution in [1.29, 1.82) is 0 Å². The van der Waals surface area contributed by atoms with Crippen LogP contribution in [0.2, 0.25) is 0 Å². The summed E-state index contributed by atoms with van der Waals surface area (Å²) in [6.45, 7) is 0.103. The first-order chi connectivity index (χ1) is 7.90. The van der Waals surface area contributed by atoms with Crippen molar-refractivity contribution in [3.05, 3.63) is 29.3 Å². The molecule has 0 spiro atoms. The fourth-order valence-electron chi connectivity index (χ4n) is 1.38. The lowest BCUT2D eigenvalue weighted by molar-refractivity contribution is -0.138. The number of carbonyl (C=O) groups is 1. The van der Waals surface area contributed by atoms with E-state index in [1.54, 1.807) is 0 Å². The molecule has 0 aliphatic heterocycles. The van der Waals surface area contributed by atoms with Gasteiger partial charge in [-0.15, -0.1) is 0 Å². The van der Waals surface area contributed by atoms with E-state index in [1.807, 2.05) is 0 Å². The second-order valence-electron chi connectivity index (χ2n) is 3.37. The predicted molar refractivity (Wildman–Crippen MR) is 56.0 cm³/mol. The lowest BCUT2D eigenvalue weighted by Gasteiger charge is -2.12. The van der Waals surface area contributed by atoms with Crippen molar-refractivity contribution in [2.24, 2.45) is 5.73 Å². The van der Waals surface area contributed by atoms with Crippen molar-refractivity contribution in [3.63, 3.8) is 0 Å². The van der Waals surface area contributed by atoms with Gasteiger partial charge >= 0.3 is 6.18 Å². The quantitative estimate of drug-likeness (QED) is 0.830. The van der Waals surface area contributed by atoms with Crippen molar-refractivity contribution >= 4 is 5.78 Å². The van der Waals surface area contributed by atoms with Gasteiger partial charge in [-0.3, -0.25) is 4.79 Å². The molecule has 0 saturated heterocycles. The molecule has 0 aromatic heterocycles. The molecule has 0 saturated carbocycles. The Morgan fingerprint density at radius 1 is 1.41 bits per heavy atom. The van der Waals surface area contributed by atoms with Gasteiger partial charge in [0.1, 0.15) is 5.75 Å². The molecule has 0 radical (unpaired) electrons. The minimum absolute atomic E-state index is 0.0106. The zero-order valence-corrected chi connectivity index (χ0v) is 9.17. The molecule has 1 aromatic carbocycles. The molecule has 0 aliphatic carbocycles. The number of methoxy groups -OCH3 is 1. The second kappa shape index (κ2) is 5.18.